The molecule has 0 fully saturated rings. The average molecular weight is 320 g/mol. The maximum Gasteiger partial charge on any atom is 0.415 e. The second kappa shape index (κ2) is 8.67. The minimum absolute atomic E-state index is 0.115. The van der Waals surface area contributed by atoms with Gasteiger partial charge in [-0.2, -0.15) is 0 Å². The average Bonchev–Trinajstić information content (AvgIpc) is 2.54. The van der Waals surface area contributed by atoms with E-state index >= 15 is 0 Å². The Morgan fingerprint density at radius 2 is 1.74 bits per heavy atom. The number of rotatable bonds is 7. The Morgan fingerprint density at radius 3 is 2.22 bits per heavy atom. The molecule has 0 aromatic heterocycles. The van der Waals surface area contributed by atoms with Crippen molar-refractivity contribution in [1.29, 1.82) is 0 Å². The number of ketones is 1. The summed E-state index contributed by atoms with van der Waals surface area (Å²) in [5.41, 5.74) is 1.45. The van der Waals surface area contributed by atoms with Crippen LogP contribution in [-0.2, 0) is 0 Å². The van der Waals surface area contributed by atoms with E-state index in [9.17, 15) is 9.59 Å². The van der Waals surface area contributed by atoms with Crippen LogP contribution >= 0.6 is 0 Å². The third-order valence-corrected chi connectivity index (χ3v) is 4.25. The standard InChI is InChI=1S/C18H28N2O3/c1-7-19(6)13(4)15-10-11-16(14(5)21)17(12-15)23-18(22)20(8-2)9-3/h10-13H,7-9H2,1-6H3. The molecule has 0 aliphatic rings. The normalized spacial score (nSPS) is 12.1. The first kappa shape index (κ1) is 19.2. The van der Waals surface area contributed by atoms with Gasteiger partial charge < -0.3 is 9.64 Å². The molecular weight excluding hydrogens is 292 g/mol. The predicted octanol–water partition coefficient (Wildman–Crippen LogP) is 3.74. The van der Waals surface area contributed by atoms with Gasteiger partial charge in [-0.15, -0.1) is 0 Å². The van der Waals surface area contributed by atoms with E-state index in [0.717, 1.165) is 12.1 Å². The highest BCUT2D eigenvalue weighted by atomic mass is 16.6. The molecule has 1 aromatic rings. The number of hydrogen-bond acceptors (Lipinski definition) is 4. The van der Waals surface area contributed by atoms with Crippen molar-refractivity contribution in [1.82, 2.24) is 9.80 Å². The molecule has 1 aromatic carbocycles. The smallest absolute Gasteiger partial charge is 0.409 e. The van der Waals surface area contributed by atoms with Crippen LogP contribution in [0.25, 0.3) is 0 Å². The van der Waals surface area contributed by atoms with Crippen molar-refractivity contribution >= 4 is 11.9 Å². The zero-order valence-corrected chi connectivity index (χ0v) is 15.0. The molecule has 0 saturated heterocycles. The highest BCUT2D eigenvalue weighted by Gasteiger charge is 2.19. The van der Waals surface area contributed by atoms with E-state index in [0.29, 0.717) is 24.4 Å². The van der Waals surface area contributed by atoms with Gasteiger partial charge >= 0.3 is 6.09 Å². The minimum atomic E-state index is -0.425. The summed E-state index contributed by atoms with van der Waals surface area (Å²) in [6, 6.07) is 5.63. The van der Waals surface area contributed by atoms with Gasteiger partial charge in [-0.05, 0) is 59.0 Å². The quantitative estimate of drug-likeness (QED) is 0.718. The monoisotopic (exact) mass is 320 g/mol. The fourth-order valence-corrected chi connectivity index (χ4v) is 2.34. The van der Waals surface area contributed by atoms with Gasteiger partial charge in [-0.3, -0.25) is 9.69 Å². The predicted molar refractivity (Wildman–Crippen MR) is 92.1 cm³/mol. The number of ether oxygens (including phenoxy) is 1. The molecule has 128 valence electrons. The Bertz CT molecular complexity index is 553. The third kappa shape index (κ3) is 4.79. The van der Waals surface area contributed by atoms with Crippen molar-refractivity contribution in [3.8, 4) is 5.75 Å². The van der Waals surface area contributed by atoms with Gasteiger partial charge in [-0.25, -0.2) is 4.79 Å². The lowest BCUT2D eigenvalue weighted by Gasteiger charge is -2.24. The van der Waals surface area contributed by atoms with E-state index < -0.39 is 6.09 Å². The van der Waals surface area contributed by atoms with Crippen molar-refractivity contribution in [2.75, 3.05) is 26.7 Å². The molecule has 0 saturated carbocycles. The number of Topliss-reactive ketones (excluding diaryl/α,β-unsaturated/α-hetero) is 1. The summed E-state index contributed by atoms with van der Waals surface area (Å²) in [6.45, 7) is 11.5. The van der Waals surface area contributed by atoms with E-state index in [-0.39, 0.29) is 11.8 Å². The molecule has 0 spiro atoms. The molecule has 1 rings (SSSR count). The van der Waals surface area contributed by atoms with Gasteiger partial charge in [-0.1, -0.05) is 13.0 Å². The maximum atomic E-state index is 12.2. The van der Waals surface area contributed by atoms with Crippen LogP contribution in [-0.4, -0.2) is 48.4 Å². The SMILES string of the molecule is CCN(CC)C(=O)Oc1cc(C(C)N(C)CC)ccc1C(C)=O. The van der Waals surface area contributed by atoms with Crippen LogP contribution in [0.1, 0.15) is 56.6 Å². The molecule has 1 amide bonds. The maximum absolute atomic E-state index is 12.2. The number of nitrogens with zero attached hydrogens (tertiary/aromatic N) is 2. The number of carbonyl (C=O) groups excluding carboxylic acids is 2. The lowest BCUT2D eigenvalue weighted by atomic mass is 10.0. The van der Waals surface area contributed by atoms with Crippen LogP contribution in [0.5, 0.6) is 5.75 Å². The molecule has 0 aliphatic carbocycles. The van der Waals surface area contributed by atoms with E-state index in [2.05, 4.69) is 18.7 Å². The molecule has 0 N–H and O–H groups in total. The van der Waals surface area contributed by atoms with Gasteiger partial charge in [0.25, 0.3) is 0 Å². The molecule has 5 nitrogen and oxygen atoms in total. The summed E-state index contributed by atoms with van der Waals surface area (Å²) < 4.78 is 5.50. The molecule has 1 unspecified atom stereocenters. The number of benzene rings is 1. The summed E-state index contributed by atoms with van der Waals surface area (Å²) in [4.78, 5) is 27.8. The molecular formula is C18H28N2O3. The first-order valence-electron chi connectivity index (χ1n) is 8.17. The molecule has 5 heteroatoms. The number of amides is 1. The van der Waals surface area contributed by atoms with Crippen molar-refractivity contribution in [3.63, 3.8) is 0 Å². The van der Waals surface area contributed by atoms with Crippen molar-refractivity contribution in [2.24, 2.45) is 0 Å². The largest absolute Gasteiger partial charge is 0.415 e. The van der Waals surface area contributed by atoms with Gasteiger partial charge in [0.1, 0.15) is 5.75 Å². The van der Waals surface area contributed by atoms with Gasteiger partial charge in [0.15, 0.2) is 5.78 Å². The van der Waals surface area contributed by atoms with Crippen molar-refractivity contribution in [3.05, 3.63) is 29.3 Å². The Morgan fingerprint density at radius 1 is 1.13 bits per heavy atom. The first-order chi connectivity index (χ1) is 10.8. The van der Waals surface area contributed by atoms with E-state index in [1.54, 1.807) is 17.0 Å². The molecule has 0 radical (unpaired) electrons. The van der Waals surface area contributed by atoms with E-state index in [4.69, 9.17) is 4.74 Å². The Kier molecular flexibility index (Phi) is 7.23. The van der Waals surface area contributed by atoms with E-state index in [1.165, 1.54) is 6.92 Å². The van der Waals surface area contributed by atoms with Crippen molar-refractivity contribution < 1.29 is 14.3 Å². The topological polar surface area (TPSA) is 49.9 Å². The number of carbonyl (C=O) groups is 2. The van der Waals surface area contributed by atoms with Crippen LogP contribution < -0.4 is 4.74 Å². The van der Waals surface area contributed by atoms with Crippen LogP contribution in [0.3, 0.4) is 0 Å². The van der Waals surface area contributed by atoms with E-state index in [1.807, 2.05) is 27.0 Å². The fourth-order valence-electron chi connectivity index (χ4n) is 2.34. The number of hydrogen-bond donors (Lipinski definition) is 0. The third-order valence-electron chi connectivity index (χ3n) is 4.25. The Hall–Kier alpha value is -1.88. The first-order valence-corrected chi connectivity index (χ1v) is 8.17. The van der Waals surface area contributed by atoms with Crippen LogP contribution in [0.4, 0.5) is 4.79 Å². The Labute approximate surface area is 139 Å². The molecule has 23 heavy (non-hydrogen) atoms. The summed E-state index contributed by atoms with van der Waals surface area (Å²) in [6.07, 6.45) is -0.425. The summed E-state index contributed by atoms with van der Waals surface area (Å²) in [5.74, 6) is 0.221. The van der Waals surface area contributed by atoms with Crippen LogP contribution in [0.2, 0.25) is 0 Å². The summed E-state index contributed by atoms with van der Waals surface area (Å²) in [7, 11) is 2.03. The lowest BCUT2D eigenvalue weighted by molar-refractivity contribution is 0.101. The highest BCUT2D eigenvalue weighted by molar-refractivity contribution is 5.97. The van der Waals surface area contributed by atoms with Gasteiger partial charge in [0.2, 0.25) is 0 Å². The van der Waals surface area contributed by atoms with Gasteiger partial charge in [0.05, 0.1) is 5.56 Å². The molecule has 0 aliphatic heterocycles. The van der Waals surface area contributed by atoms with Crippen LogP contribution in [0.15, 0.2) is 18.2 Å². The van der Waals surface area contributed by atoms with Crippen LogP contribution in [0, 0.1) is 0 Å². The van der Waals surface area contributed by atoms with Gasteiger partial charge in [0, 0.05) is 19.1 Å². The fraction of sp³-hybridized carbons (Fsp3) is 0.556. The molecule has 1 atom stereocenters. The second-order valence-corrected chi connectivity index (χ2v) is 5.60. The summed E-state index contributed by atoms with van der Waals surface area (Å²) >= 11 is 0. The highest BCUT2D eigenvalue weighted by Crippen LogP contribution is 2.27. The molecule has 0 heterocycles. The zero-order chi connectivity index (χ0) is 17.6. The second-order valence-electron chi connectivity index (χ2n) is 5.60. The Balaban J connectivity index is 3.16. The minimum Gasteiger partial charge on any atom is -0.409 e. The van der Waals surface area contributed by atoms with Crippen molar-refractivity contribution in [2.45, 2.75) is 40.7 Å². The zero-order valence-electron chi connectivity index (χ0n) is 15.0. The lowest BCUT2D eigenvalue weighted by Crippen LogP contribution is -2.33. The molecule has 0 bridgehead atoms. The summed E-state index contributed by atoms with van der Waals surface area (Å²) in [5, 5.41) is 0.